The van der Waals surface area contributed by atoms with Crippen molar-refractivity contribution in [2.24, 2.45) is 0 Å². The van der Waals surface area contributed by atoms with Crippen LogP contribution in [-0.4, -0.2) is 87.5 Å². The first kappa shape index (κ1) is 52.9. The summed E-state index contributed by atoms with van der Waals surface area (Å²) in [4.78, 5) is 12.9. The Morgan fingerprint density at radius 2 is 1.09 bits per heavy atom. The molecular weight excluding hydrogens is 731 g/mol. The van der Waals surface area contributed by atoms with Gasteiger partial charge in [0.25, 0.3) is 0 Å². The van der Waals surface area contributed by atoms with Gasteiger partial charge < -0.3 is 40.3 Å². The zero-order valence-corrected chi connectivity index (χ0v) is 35.7. The topological polar surface area (TPSA) is 149 Å². The van der Waals surface area contributed by atoms with Crippen LogP contribution in [-0.2, 0) is 14.3 Å². The molecule has 0 spiro atoms. The van der Waals surface area contributed by atoms with Crippen LogP contribution in [0.2, 0.25) is 0 Å². The van der Waals surface area contributed by atoms with E-state index in [1.807, 2.05) is 6.08 Å². The minimum Gasteiger partial charge on any atom is -0.394 e. The third-order valence-corrected chi connectivity index (χ3v) is 9.58. The number of unbranched alkanes of at least 4 members (excludes halogenated alkanes) is 8. The molecule has 0 bridgehead atoms. The van der Waals surface area contributed by atoms with E-state index in [1.54, 1.807) is 6.08 Å². The largest absolute Gasteiger partial charge is 0.394 e. The fraction of sp³-hybridized carbons (Fsp3) is 0.612. The van der Waals surface area contributed by atoms with E-state index in [-0.39, 0.29) is 18.9 Å². The summed E-state index contributed by atoms with van der Waals surface area (Å²) in [6, 6.07) is -0.858. The van der Waals surface area contributed by atoms with Gasteiger partial charge in [-0.2, -0.15) is 0 Å². The van der Waals surface area contributed by atoms with Gasteiger partial charge in [-0.25, -0.2) is 0 Å². The van der Waals surface area contributed by atoms with Gasteiger partial charge in [0.1, 0.15) is 24.4 Å². The molecule has 7 atom stereocenters. The molecule has 1 fully saturated rings. The van der Waals surface area contributed by atoms with Gasteiger partial charge in [0.2, 0.25) is 5.91 Å². The highest BCUT2D eigenvalue weighted by Gasteiger charge is 2.44. The molecule has 0 radical (unpaired) electrons. The maximum atomic E-state index is 12.9. The summed E-state index contributed by atoms with van der Waals surface area (Å²) in [6.45, 7) is 3.55. The van der Waals surface area contributed by atoms with Crippen molar-refractivity contribution < 1.29 is 39.8 Å². The highest BCUT2D eigenvalue weighted by atomic mass is 16.7. The lowest BCUT2D eigenvalue weighted by atomic mass is 9.99. The van der Waals surface area contributed by atoms with Crippen molar-refractivity contribution in [3.05, 3.63) is 109 Å². The monoisotopic (exact) mass is 810 g/mol. The number of aliphatic hydroxyl groups excluding tert-OH is 5. The van der Waals surface area contributed by atoms with Crippen LogP contribution in [0.5, 0.6) is 0 Å². The Morgan fingerprint density at radius 1 is 0.603 bits per heavy atom. The zero-order chi connectivity index (χ0) is 42.3. The molecule has 0 saturated carbocycles. The molecule has 9 heteroatoms. The number of carbonyl (C=O) groups excluding carboxylic acids is 1. The molecule has 0 aromatic carbocycles. The first-order valence-corrected chi connectivity index (χ1v) is 22.1. The second-order valence-electron chi connectivity index (χ2n) is 14.7. The van der Waals surface area contributed by atoms with Gasteiger partial charge in [-0.1, -0.05) is 155 Å². The number of aliphatic hydroxyl groups is 5. The average molecular weight is 810 g/mol. The average Bonchev–Trinajstić information content (AvgIpc) is 3.22. The fourth-order valence-electron chi connectivity index (χ4n) is 6.04. The fourth-order valence-corrected chi connectivity index (χ4v) is 6.04. The molecule has 6 N–H and O–H groups in total. The summed E-state index contributed by atoms with van der Waals surface area (Å²) in [7, 11) is 0. The number of amides is 1. The Bertz CT molecular complexity index is 1260. The molecule has 1 aliphatic rings. The summed E-state index contributed by atoms with van der Waals surface area (Å²) in [5.74, 6) is -0.252. The van der Waals surface area contributed by atoms with Crippen LogP contribution in [0.15, 0.2) is 109 Å². The van der Waals surface area contributed by atoms with E-state index in [4.69, 9.17) is 9.47 Å². The van der Waals surface area contributed by atoms with Gasteiger partial charge in [-0.05, 0) is 83.5 Å². The van der Waals surface area contributed by atoms with Crippen LogP contribution in [0.4, 0.5) is 0 Å². The quantitative estimate of drug-likeness (QED) is 0.0279. The van der Waals surface area contributed by atoms with E-state index in [9.17, 15) is 30.3 Å². The van der Waals surface area contributed by atoms with Crippen LogP contribution in [0.3, 0.4) is 0 Å². The summed E-state index contributed by atoms with van der Waals surface area (Å²) in [6.07, 6.45) is 48.5. The van der Waals surface area contributed by atoms with Crippen molar-refractivity contribution in [3.63, 3.8) is 0 Å². The second kappa shape index (κ2) is 38.1. The lowest BCUT2D eigenvalue weighted by Gasteiger charge is -2.40. The van der Waals surface area contributed by atoms with E-state index < -0.39 is 49.5 Å². The van der Waals surface area contributed by atoms with E-state index in [0.717, 1.165) is 70.6 Å². The van der Waals surface area contributed by atoms with E-state index in [0.29, 0.717) is 6.42 Å². The van der Waals surface area contributed by atoms with Gasteiger partial charge in [0, 0.05) is 6.42 Å². The lowest BCUT2D eigenvalue weighted by Crippen LogP contribution is -2.60. The Morgan fingerprint density at radius 3 is 1.66 bits per heavy atom. The summed E-state index contributed by atoms with van der Waals surface area (Å²) < 4.78 is 11.1. The number of rotatable bonds is 34. The Labute approximate surface area is 351 Å². The Kier molecular flexibility index (Phi) is 34.7. The third-order valence-electron chi connectivity index (χ3n) is 9.58. The van der Waals surface area contributed by atoms with E-state index in [1.165, 1.54) is 38.5 Å². The van der Waals surface area contributed by atoms with Crippen molar-refractivity contribution in [1.82, 2.24) is 5.32 Å². The molecule has 328 valence electrons. The van der Waals surface area contributed by atoms with Gasteiger partial charge >= 0.3 is 0 Å². The molecule has 58 heavy (non-hydrogen) atoms. The number of carbonyl (C=O) groups is 1. The predicted molar refractivity (Wildman–Crippen MR) is 239 cm³/mol. The Balaban J connectivity index is 2.43. The molecule has 0 aromatic heterocycles. The van der Waals surface area contributed by atoms with Crippen molar-refractivity contribution in [2.75, 3.05) is 13.2 Å². The third kappa shape index (κ3) is 28.3. The molecule has 0 aromatic rings. The highest BCUT2D eigenvalue weighted by molar-refractivity contribution is 5.76. The zero-order valence-electron chi connectivity index (χ0n) is 35.7. The van der Waals surface area contributed by atoms with Gasteiger partial charge in [0.15, 0.2) is 6.29 Å². The van der Waals surface area contributed by atoms with E-state index >= 15 is 0 Å². The number of allylic oxidation sites excluding steroid dienone is 17. The summed E-state index contributed by atoms with van der Waals surface area (Å²) >= 11 is 0. The molecule has 1 rings (SSSR count). The highest BCUT2D eigenvalue weighted by Crippen LogP contribution is 2.22. The van der Waals surface area contributed by atoms with Crippen LogP contribution in [0.1, 0.15) is 136 Å². The predicted octanol–water partition coefficient (Wildman–Crippen LogP) is 9.11. The number of ether oxygens (including phenoxy) is 2. The smallest absolute Gasteiger partial charge is 0.220 e. The SMILES string of the molecule is CC/C=C\C/C=C\C/C=C\C/C=C\C/C=C\C/C=C\C/C=C\CCCC(=O)NC(COC1OC(CO)C(O)C(O)C1O)C(O)/C=C/CC/C=C/CCCCCCCC. The van der Waals surface area contributed by atoms with Gasteiger partial charge in [-0.3, -0.25) is 4.79 Å². The second-order valence-corrected chi connectivity index (χ2v) is 14.7. The van der Waals surface area contributed by atoms with Crippen LogP contribution < -0.4 is 5.32 Å². The van der Waals surface area contributed by atoms with E-state index in [2.05, 4.69) is 116 Å². The first-order valence-electron chi connectivity index (χ1n) is 22.1. The van der Waals surface area contributed by atoms with Crippen molar-refractivity contribution in [3.8, 4) is 0 Å². The Hall–Kier alpha value is -3.15. The van der Waals surface area contributed by atoms with Crippen LogP contribution >= 0.6 is 0 Å². The summed E-state index contributed by atoms with van der Waals surface area (Å²) in [5.41, 5.74) is 0. The molecular formula is C49H79NO8. The standard InChI is InChI=1S/C49H79NO8/c1-3-5-7-9-11-13-15-17-18-19-20-21-22-23-24-25-26-27-29-31-33-35-37-39-45(53)50-42(41-57-49-48(56)47(55)46(54)44(40-51)58-49)43(52)38-36-34-32-30-28-16-14-12-10-8-6-4-2/h5,7,11,13,17-18,20-21,23-24,26-28,30-31,33,36,38,42-44,46-49,51-52,54-56H,3-4,6,8-10,12,14-16,19,22,25,29,32,34-35,37,39-41H2,1-2H3,(H,50,53)/b7-5-,13-11-,18-17-,21-20-,24-23-,27-26-,30-28+,33-31-,38-36+. The van der Waals surface area contributed by atoms with Crippen molar-refractivity contribution in [2.45, 2.75) is 179 Å². The van der Waals surface area contributed by atoms with Crippen LogP contribution in [0.25, 0.3) is 0 Å². The molecule has 1 heterocycles. The number of nitrogens with one attached hydrogen (secondary N) is 1. The maximum absolute atomic E-state index is 12.9. The van der Waals surface area contributed by atoms with Gasteiger partial charge in [0.05, 0.1) is 25.4 Å². The molecule has 7 unspecified atom stereocenters. The normalized spacial score (nSPS) is 21.9. The minimum absolute atomic E-state index is 0.232. The lowest BCUT2D eigenvalue weighted by molar-refractivity contribution is -0.302. The molecule has 0 aliphatic carbocycles. The molecule has 1 amide bonds. The number of hydrogen-bond donors (Lipinski definition) is 6. The molecule has 9 nitrogen and oxygen atoms in total. The molecule has 1 saturated heterocycles. The summed E-state index contributed by atoms with van der Waals surface area (Å²) in [5, 5.41) is 54.0. The minimum atomic E-state index is -1.59. The van der Waals surface area contributed by atoms with Crippen LogP contribution in [0, 0.1) is 0 Å². The molecule has 1 aliphatic heterocycles. The van der Waals surface area contributed by atoms with Crippen molar-refractivity contribution >= 4 is 5.91 Å². The van der Waals surface area contributed by atoms with Crippen molar-refractivity contribution in [1.29, 1.82) is 0 Å². The number of hydrogen-bond acceptors (Lipinski definition) is 8. The maximum Gasteiger partial charge on any atom is 0.220 e. The first-order chi connectivity index (χ1) is 28.3. The van der Waals surface area contributed by atoms with Gasteiger partial charge in [-0.15, -0.1) is 0 Å².